The van der Waals surface area contributed by atoms with Crippen LogP contribution in [-0.4, -0.2) is 111 Å². The van der Waals surface area contributed by atoms with Gasteiger partial charge in [-0.25, -0.2) is 8.78 Å². The summed E-state index contributed by atoms with van der Waals surface area (Å²) in [5.41, 5.74) is 0.244. The van der Waals surface area contributed by atoms with E-state index in [9.17, 15) is 13.9 Å². The fourth-order valence-corrected chi connectivity index (χ4v) is 4.96. The largest absolute Gasteiger partial charge is 0.493 e. The molecular weight excluding hydrogens is 432 g/mol. The van der Waals surface area contributed by atoms with E-state index in [-0.39, 0.29) is 12.8 Å². The van der Waals surface area contributed by atoms with E-state index in [1.165, 1.54) is 0 Å². The van der Waals surface area contributed by atoms with Crippen molar-refractivity contribution in [2.45, 2.75) is 37.3 Å². The zero-order chi connectivity index (χ0) is 23.3. The number of likely N-dealkylation sites (tertiary alicyclic amines) is 2. The molecule has 3 fully saturated rings. The van der Waals surface area contributed by atoms with E-state index >= 15 is 0 Å². The quantitative estimate of drug-likeness (QED) is 0.594. The second-order valence-electron chi connectivity index (χ2n) is 9.60. The molecule has 3 aliphatic rings. The van der Waals surface area contributed by atoms with Crippen molar-refractivity contribution in [1.29, 1.82) is 0 Å². The van der Waals surface area contributed by atoms with Gasteiger partial charge in [-0.15, -0.1) is 0 Å². The SMILES string of the molecule is COc1cc(CN2CCC(O)(CN3CCC(F)(F)CC3)C2)ccc1OCCN1CCOCC1. The predicted molar refractivity (Wildman–Crippen MR) is 121 cm³/mol. The van der Waals surface area contributed by atoms with Gasteiger partial charge in [0.2, 0.25) is 0 Å². The van der Waals surface area contributed by atoms with Crippen LogP contribution in [-0.2, 0) is 11.3 Å². The number of ether oxygens (including phenoxy) is 3. The molecule has 1 aromatic rings. The molecule has 0 saturated carbocycles. The molecule has 186 valence electrons. The van der Waals surface area contributed by atoms with Crippen molar-refractivity contribution in [1.82, 2.24) is 14.7 Å². The third-order valence-corrected chi connectivity index (χ3v) is 6.92. The highest BCUT2D eigenvalue weighted by Crippen LogP contribution is 2.32. The zero-order valence-electron chi connectivity index (χ0n) is 19.6. The molecule has 9 heteroatoms. The fraction of sp³-hybridized carbons (Fsp3) is 0.750. The molecule has 1 aromatic carbocycles. The molecule has 0 radical (unpaired) electrons. The predicted octanol–water partition coefficient (Wildman–Crippen LogP) is 2.07. The van der Waals surface area contributed by atoms with Crippen molar-refractivity contribution in [3.8, 4) is 11.5 Å². The minimum Gasteiger partial charge on any atom is -0.493 e. The van der Waals surface area contributed by atoms with Crippen molar-refractivity contribution in [3.05, 3.63) is 23.8 Å². The van der Waals surface area contributed by atoms with Crippen LogP contribution in [0.1, 0.15) is 24.8 Å². The van der Waals surface area contributed by atoms with Crippen LogP contribution in [0.5, 0.6) is 11.5 Å². The third-order valence-electron chi connectivity index (χ3n) is 6.92. The van der Waals surface area contributed by atoms with Gasteiger partial charge in [-0.2, -0.15) is 0 Å². The van der Waals surface area contributed by atoms with Gasteiger partial charge < -0.3 is 19.3 Å². The minimum atomic E-state index is -2.56. The van der Waals surface area contributed by atoms with Crippen LogP contribution in [0.2, 0.25) is 0 Å². The molecule has 0 bridgehead atoms. The van der Waals surface area contributed by atoms with E-state index in [0.717, 1.165) is 50.7 Å². The van der Waals surface area contributed by atoms with E-state index in [2.05, 4.69) is 9.80 Å². The Balaban J connectivity index is 1.25. The van der Waals surface area contributed by atoms with Gasteiger partial charge in [0, 0.05) is 71.7 Å². The van der Waals surface area contributed by atoms with Crippen LogP contribution in [0.15, 0.2) is 18.2 Å². The third kappa shape index (κ3) is 6.99. The first kappa shape index (κ1) is 24.6. The van der Waals surface area contributed by atoms with Crippen LogP contribution < -0.4 is 9.47 Å². The number of rotatable bonds is 9. The smallest absolute Gasteiger partial charge is 0.250 e. The monoisotopic (exact) mass is 469 g/mol. The summed E-state index contributed by atoms with van der Waals surface area (Å²) in [4.78, 5) is 6.52. The van der Waals surface area contributed by atoms with Crippen molar-refractivity contribution in [2.24, 2.45) is 0 Å². The molecule has 0 spiro atoms. The molecule has 0 aliphatic carbocycles. The lowest BCUT2D eigenvalue weighted by atomic mass is 10.00. The minimum absolute atomic E-state index is 0.118. The number of morpholine rings is 1. The average Bonchev–Trinajstić information content (AvgIpc) is 3.17. The number of methoxy groups -OCH3 is 1. The summed E-state index contributed by atoms with van der Waals surface area (Å²) in [7, 11) is 1.64. The zero-order valence-corrected chi connectivity index (χ0v) is 19.6. The molecule has 7 nitrogen and oxygen atoms in total. The van der Waals surface area contributed by atoms with Crippen LogP contribution in [0.3, 0.4) is 0 Å². The van der Waals surface area contributed by atoms with Gasteiger partial charge in [0.1, 0.15) is 6.61 Å². The van der Waals surface area contributed by atoms with Gasteiger partial charge >= 0.3 is 0 Å². The van der Waals surface area contributed by atoms with Gasteiger partial charge in [-0.05, 0) is 24.1 Å². The van der Waals surface area contributed by atoms with Crippen LogP contribution in [0.4, 0.5) is 8.78 Å². The number of halogens is 2. The molecule has 3 heterocycles. The molecule has 0 aromatic heterocycles. The van der Waals surface area contributed by atoms with Crippen LogP contribution >= 0.6 is 0 Å². The highest BCUT2D eigenvalue weighted by molar-refractivity contribution is 5.43. The van der Waals surface area contributed by atoms with Gasteiger partial charge in [0.15, 0.2) is 11.5 Å². The summed E-state index contributed by atoms with van der Waals surface area (Å²) in [6.45, 7) is 8.04. The van der Waals surface area contributed by atoms with E-state index in [4.69, 9.17) is 14.2 Å². The van der Waals surface area contributed by atoms with Gasteiger partial charge in [0.25, 0.3) is 5.92 Å². The standard InChI is InChI=1S/C24H37F2N3O4/c1-31-22-16-20(2-3-21(22)33-15-12-27-10-13-32-14-11-27)17-29-7-4-23(30,19-29)18-28-8-5-24(25,26)6-9-28/h2-3,16,30H,4-15,17-19H2,1H3. The Labute approximate surface area is 195 Å². The molecule has 3 saturated heterocycles. The molecule has 3 aliphatic heterocycles. The number of β-amino-alcohol motifs (C(OH)–C–C–N with tert-alkyl or cyclic N) is 1. The number of hydrogen-bond acceptors (Lipinski definition) is 7. The topological polar surface area (TPSA) is 57.6 Å². The number of aliphatic hydroxyl groups is 1. The molecule has 1 N–H and O–H groups in total. The van der Waals surface area contributed by atoms with Gasteiger partial charge in [-0.1, -0.05) is 6.07 Å². The Kier molecular flexibility index (Phi) is 8.07. The summed E-state index contributed by atoms with van der Waals surface area (Å²) in [5.74, 6) is -1.12. The van der Waals surface area contributed by atoms with E-state index < -0.39 is 11.5 Å². The van der Waals surface area contributed by atoms with Crippen molar-refractivity contribution in [3.63, 3.8) is 0 Å². The normalized spacial score (nSPS) is 27.0. The number of hydrogen-bond donors (Lipinski definition) is 1. The lowest BCUT2D eigenvalue weighted by Gasteiger charge is -2.36. The summed E-state index contributed by atoms with van der Waals surface area (Å²) in [6, 6.07) is 5.98. The maximum Gasteiger partial charge on any atom is 0.250 e. The molecule has 33 heavy (non-hydrogen) atoms. The fourth-order valence-electron chi connectivity index (χ4n) is 4.96. The molecule has 1 unspecified atom stereocenters. The van der Waals surface area contributed by atoms with Crippen molar-refractivity contribution >= 4 is 0 Å². The average molecular weight is 470 g/mol. The van der Waals surface area contributed by atoms with Crippen molar-refractivity contribution in [2.75, 3.05) is 79.3 Å². The first-order chi connectivity index (χ1) is 15.8. The first-order valence-corrected chi connectivity index (χ1v) is 12.0. The lowest BCUT2D eigenvalue weighted by molar-refractivity contribution is -0.0724. The Morgan fingerprint density at radius 3 is 2.42 bits per heavy atom. The molecule has 0 amide bonds. The maximum atomic E-state index is 13.4. The van der Waals surface area contributed by atoms with E-state index in [0.29, 0.717) is 51.5 Å². The maximum absolute atomic E-state index is 13.4. The lowest BCUT2D eigenvalue weighted by Crippen LogP contribution is -2.49. The van der Waals surface area contributed by atoms with Crippen molar-refractivity contribution < 1.29 is 28.1 Å². The summed E-state index contributed by atoms with van der Waals surface area (Å²) < 4.78 is 43.7. The second-order valence-corrected chi connectivity index (χ2v) is 9.60. The van der Waals surface area contributed by atoms with Gasteiger partial charge in [0.05, 0.1) is 25.9 Å². The number of alkyl halides is 2. The Morgan fingerprint density at radius 1 is 0.970 bits per heavy atom. The Morgan fingerprint density at radius 2 is 1.70 bits per heavy atom. The highest BCUT2D eigenvalue weighted by atomic mass is 19.3. The number of benzene rings is 1. The first-order valence-electron chi connectivity index (χ1n) is 12.0. The molecule has 4 rings (SSSR count). The van der Waals surface area contributed by atoms with Crippen LogP contribution in [0.25, 0.3) is 0 Å². The molecular formula is C24H37F2N3O4. The highest BCUT2D eigenvalue weighted by Gasteiger charge is 2.40. The molecule has 1 atom stereocenters. The Hall–Kier alpha value is -1.52. The number of nitrogens with zero attached hydrogens (tertiary/aromatic N) is 3. The second kappa shape index (κ2) is 10.8. The van der Waals surface area contributed by atoms with Gasteiger partial charge in [-0.3, -0.25) is 14.7 Å². The summed E-state index contributed by atoms with van der Waals surface area (Å²) in [6.07, 6.45) is 0.417. The summed E-state index contributed by atoms with van der Waals surface area (Å²) >= 11 is 0. The number of piperidine rings is 1. The Bertz CT molecular complexity index is 768. The summed E-state index contributed by atoms with van der Waals surface area (Å²) in [5, 5.41) is 11.0. The van der Waals surface area contributed by atoms with Crippen LogP contribution in [0, 0.1) is 0 Å². The van der Waals surface area contributed by atoms with E-state index in [1.807, 2.05) is 23.1 Å². The van der Waals surface area contributed by atoms with E-state index in [1.54, 1.807) is 7.11 Å².